The van der Waals surface area contributed by atoms with Crippen LogP contribution in [0.2, 0.25) is 0 Å². The first kappa shape index (κ1) is 16.8. The molecule has 0 spiro atoms. The third-order valence-corrected chi connectivity index (χ3v) is 3.83. The molecule has 1 aromatic carbocycles. The molecule has 110 valence electrons. The first-order chi connectivity index (χ1) is 9.26. The molecule has 0 saturated carbocycles. The second kappa shape index (κ2) is 8.11. The average molecular weight is 296 g/mol. The van der Waals surface area contributed by atoms with E-state index in [0.29, 0.717) is 17.2 Å². The van der Waals surface area contributed by atoms with Gasteiger partial charge in [0.05, 0.1) is 12.7 Å². The number of rotatable bonds is 4. The highest BCUT2D eigenvalue weighted by molar-refractivity contribution is 5.85. The molecule has 1 fully saturated rings. The molecule has 1 saturated heterocycles. The van der Waals surface area contributed by atoms with E-state index in [1.165, 1.54) is 18.4 Å². The van der Waals surface area contributed by atoms with Crippen molar-refractivity contribution in [2.45, 2.75) is 19.4 Å². The first-order valence-corrected chi connectivity index (χ1v) is 6.76. The lowest BCUT2D eigenvalue weighted by atomic mass is 9.97. The van der Waals surface area contributed by atoms with E-state index in [1.807, 2.05) is 18.2 Å². The number of nitriles is 1. The molecule has 0 bridgehead atoms. The summed E-state index contributed by atoms with van der Waals surface area (Å²) in [5, 5.41) is 8.97. The van der Waals surface area contributed by atoms with E-state index < -0.39 is 0 Å². The van der Waals surface area contributed by atoms with Gasteiger partial charge in [0.1, 0.15) is 11.8 Å². The molecule has 2 N–H and O–H groups in total. The van der Waals surface area contributed by atoms with Crippen molar-refractivity contribution in [1.29, 1.82) is 5.26 Å². The topological polar surface area (TPSA) is 62.3 Å². The molecule has 1 aliphatic heterocycles. The van der Waals surface area contributed by atoms with Crippen molar-refractivity contribution in [3.63, 3.8) is 0 Å². The largest absolute Gasteiger partial charge is 0.495 e. The fourth-order valence-electron chi connectivity index (χ4n) is 2.56. The van der Waals surface area contributed by atoms with Gasteiger partial charge in [-0.2, -0.15) is 5.26 Å². The third kappa shape index (κ3) is 4.11. The smallest absolute Gasteiger partial charge is 0.136 e. The van der Waals surface area contributed by atoms with Gasteiger partial charge in [-0.05, 0) is 56.1 Å². The maximum Gasteiger partial charge on any atom is 0.136 e. The van der Waals surface area contributed by atoms with Crippen LogP contribution in [-0.4, -0.2) is 31.6 Å². The number of piperidine rings is 1. The predicted molar refractivity (Wildman–Crippen MR) is 82.0 cm³/mol. The van der Waals surface area contributed by atoms with Crippen LogP contribution >= 0.6 is 12.4 Å². The SMILES string of the molecule is COc1cc(CN2CCC(CN)CC2)ccc1C#N.Cl. The number of nitrogens with zero attached hydrogens (tertiary/aromatic N) is 2. The van der Waals surface area contributed by atoms with Crippen molar-refractivity contribution in [1.82, 2.24) is 4.90 Å². The van der Waals surface area contributed by atoms with E-state index >= 15 is 0 Å². The fourth-order valence-corrected chi connectivity index (χ4v) is 2.56. The third-order valence-electron chi connectivity index (χ3n) is 3.83. The molecule has 1 aromatic rings. The highest BCUT2D eigenvalue weighted by Crippen LogP contribution is 2.22. The van der Waals surface area contributed by atoms with Crippen LogP contribution in [-0.2, 0) is 6.54 Å². The standard InChI is InChI=1S/C15H21N3O.ClH/c1-19-15-8-13(2-3-14(15)10-17)11-18-6-4-12(9-16)5-7-18;/h2-3,8,12H,4-7,9,11,16H2,1H3;1H. The van der Waals surface area contributed by atoms with Crippen LogP contribution in [0, 0.1) is 17.2 Å². The highest BCUT2D eigenvalue weighted by Gasteiger charge is 2.18. The van der Waals surface area contributed by atoms with E-state index in [2.05, 4.69) is 11.0 Å². The van der Waals surface area contributed by atoms with Gasteiger partial charge in [0.15, 0.2) is 0 Å². The molecule has 0 aromatic heterocycles. The van der Waals surface area contributed by atoms with Crippen molar-refractivity contribution in [3.05, 3.63) is 29.3 Å². The molecule has 20 heavy (non-hydrogen) atoms. The first-order valence-electron chi connectivity index (χ1n) is 6.76. The van der Waals surface area contributed by atoms with E-state index in [1.54, 1.807) is 7.11 Å². The van der Waals surface area contributed by atoms with E-state index in [9.17, 15) is 0 Å². The van der Waals surface area contributed by atoms with Gasteiger partial charge in [0, 0.05) is 6.54 Å². The monoisotopic (exact) mass is 295 g/mol. The quantitative estimate of drug-likeness (QED) is 0.924. The summed E-state index contributed by atoms with van der Waals surface area (Å²) in [6.45, 7) is 3.92. The molecule has 0 atom stereocenters. The number of ether oxygens (including phenoxy) is 1. The summed E-state index contributed by atoms with van der Waals surface area (Å²) in [5.41, 5.74) is 7.49. The van der Waals surface area contributed by atoms with Crippen molar-refractivity contribution in [3.8, 4) is 11.8 Å². The molecule has 0 amide bonds. The number of nitrogens with two attached hydrogens (primary N) is 1. The zero-order valence-corrected chi connectivity index (χ0v) is 12.7. The summed E-state index contributed by atoms with van der Waals surface area (Å²) in [5.74, 6) is 1.35. The lowest BCUT2D eigenvalue weighted by Gasteiger charge is -2.31. The Kier molecular flexibility index (Phi) is 6.80. The lowest BCUT2D eigenvalue weighted by Crippen LogP contribution is -2.35. The second-order valence-electron chi connectivity index (χ2n) is 5.10. The predicted octanol–water partition coefficient (Wildman–Crippen LogP) is 2.16. The lowest BCUT2D eigenvalue weighted by molar-refractivity contribution is 0.180. The number of halogens is 1. The van der Waals surface area contributed by atoms with Crippen LogP contribution in [0.15, 0.2) is 18.2 Å². The second-order valence-corrected chi connectivity index (χ2v) is 5.10. The van der Waals surface area contributed by atoms with Crippen LogP contribution < -0.4 is 10.5 Å². The minimum absolute atomic E-state index is 0. The normalized spacial score (nSPS) is 16.2. The Hall–Kier alpha value is -1.28. The zero-order valence-electron chi connectivity index (χ0n) is 11.8. The summed E-state index contributed by atoms with van der Waals surface area (Å²) in [4.78, 5) is 2.44. The Morgan fingerprint density at radius 1 is 1.40 bits per heavy atom. The van der Waals surface area contributed by atoms with Gasteiger partial charge >= 0.3 is 0 Å². The van der Waals surface area contributed by atoms with Crippen molar-refractivity contribution in [2.24, 2.45) is 11.7 Å². The van der Waals surface area contributed by atoms with Gasteiger partial charge in [0.25, 0.3) is 0 Å². The fraction of sp³-hybridized carbons (Fsp3) is 0.533. The number of methoxy groups -OCH3 is 1. The van der Waals surface area contributed by atoms with Crippen LogP contribution in [0.5, 0.6) is 5.75 Å². The summed E-state index contributed by atoms with van der Waals surface area (Å²) < 4.78 is 5.24. The van der Waals surface area contributed by atoms with Crippen LogP contribution in [0.25, 0.3) is 0 Å². The molecule has 4 nitrogen and oxygen atoms in total. The zero-order chi connectivity index (χ0) is 13.7. The van der Waals surface area contributed by atoms with Gasteiger partial charge in [-0.3, -0.25) is 4.90 Å². The maximum absolute atomic E-state index is 8.97. The van der Waals surface area contributed by atoms with Gasteiger partial charge < -0.3 is 10.5 Å². The van der Waals surface area contributed by atoms with Gasteiger partial charge in [-0.25, -0.2) is 0 Å². The van der Waals surface area contributed by atoms with Crippen molar-refractivity contribution in [2.75, 3.05) is 26.7 Å². The minimum atomic E-state index is 0. The van der Waals surface area contributed by atoms with Gasteiger partial charge in [-0.15, -0.1) is 12.4 Å². The number of likely N-dealkylation sites (tertiary alicyclic amines) is 1. The molecular weight excluding hydrogens is 274 g/mol. The molecule has 1 aliphatic rings. The summed E-state index contributed by atoms with van der Waals surface area (Å²) in [6.07, 6.45) is 2.37. The minimum Gasteiger partial charge on any atom is -0.495 e. The van der Waals surface area contributed by atoms with Crippen molar-refractivity contribution < 1.29 is 4.74 Å². The summed E-state index contributed by atoms with van der Waals surface area (Å²) in [7, 11) is 1.60. The molecular formula is C15H22ClN3O. The number of benzene rings is 1. The number of hydrogen-bond donors (Lipinski definition) is 1. The van der Waals surface area contributed by atoms with E-state index in [4.69, 9.17) is 15.7 Å². The average Bonchev–Trinajstić information content (AvgIpc) is 2.48. The van der Waals surface area contributed by atoms with Gasteiger partial charge in [0.2, 0.25) is 0 Å². The Morgan fingerprint density at radius 2 is 2.10 bits per heavy atom. The van der Waals surface area contributed by atoms with Crippen LogP contribution in [0.3, 0.4) is 0 Å². The molecule has 0 aliphatic carbocycles. The van der Waals surface area contributed by atoms with E-state index in [0.717, 1.165) is 26.2 Å². The van der Waals surface area contributed by atoms with Crippen LogP contribution in [0.1, 0.15) is 24.0 Å². The highest BCUT2D eigenvalue weighted by atomic mass is 35.5. The summed E-state index contributed by atoms with van der Waals surface area (Å²) >= 11 is 0. The molecule has 0 unspecified atom stereocenters. The molecule has 2 rings (SSSR count). The molecule has 1 heterocycles. The Balaban J connectivity index is 0.00000200. The Bertz CT molecular complexity index is 465. The van der Waals surface area contributed by atoms with E-state index in [-0.39, 0.29) is 12.4 Å². The maximum atomic E-state index is 8.97. The van der Waals surface area contributed by atoms with Gasteiger partial charge in [-0.1, -0.05) is 6.07 Å². The van der Waals surface area contributed by atoms with Crippen molar-refractivity contribution >= 4 is 12.4 Å². The number of hydrogen-bond acceptors (Lipinski definition) is 4. The molecule has 0 radical (unpaired) electrons. The van der Waals surface area contributed by atoms with Crippen LogP contribution in [0.4, 0.5) is 0 Å². The summed E-state index contributed by atoms with van der Waals surface area (Å²) in [6, 6.07) is 7.95. The molecule has 5 heteroatoms. The Morgan fingerprint density at radius 3 is 2.65 bits per heavy atom. The Labute approximate surface area is 126 Å².